The second kappa shape index (κ2) is 21.0. The molecular weight excluding hydrogens is 485 g/mol. The van der Waals surface area contributed by atoms with Gasteiger partial charge in [-0.25, -0.2) is 4.57 Å². The van der Waals surface area contributed by atoms with Crippen LogP contribution in [0.4, 0.5) is 0 Å². The Bertz CT molecular complexity index is 624. The van der Waals surface area contributed by atoms with Gasteiger partial charge in [-0.2, -0.15) is 0 Å². The van der Waals surface area contributed by atoms with Gasteiger partial charge in [0.25, 0.3) is 0 Å². The summed E-state index contributed by atoms with van der Waals surface area (Å²) in [5, 5.41) is 0. The number of carbonyl (C=O) groups is 2. The van der Waals surface area contributed by atoms with Gasteiger partial charge in [0.1, 0.15) is 19.8 Å². The van der Waals surface area contributed by atoms with Gasteiger partial charge in [0.05, 0.1) is 27.7 Å². The van der Waals surface area contributed by atoms with Crippen LogP contribution in [-0.4, -0.2) is 74.9 Å². The number of quaternary nitrogens is 1. The first kappa shape index (κ1) is 35.0. The van der Waals surface area contributed by atoms with Crippen molar-refractivity contribution in [1.29, 1.82) is 0 Å². The third-order valence-corrected chi connectivity index (χ3v) is 6.62. The molecule has 0 heterocycles. The SMILES string of the molecule is CCCCCCCCCC(=O)OC(COC(=O)CCCCCCC)COP(=O)(O)OCC[N+](C)(C)C. The Morgan fingerprint density at radius 3 is 1.78 bits per heavy atom. The Morgan fingerprint density at radius 1 is 0.750 bits per heavy atom. The lowest BCUT2D eigenvalue weighted by atomic mass is 10.1. The van der Waals surface area contributed by atoms with E-state index in [1.54, 1.807) is 0 Å². The highest BCUT2D eigenvalue weighted by molar-refractivity contribution is 7.47. The first-order valence-corrected chi connectivity index (χ1v) is 15.3. The number of ether oxygens (including phenoxy) is 2. The molecule has 0 rings (SSSR count). The van der Waals surface area contributed by atoms with Crippen molar-refractivity contribution in [2.24, 2.45) is 0 Å². The highest BCUT2D eigenvalue weighted by Crippen LogP contribution is 2.43. The molecule has 0 saturated carbocycles. The number of hydrogen-bond acceptors (Lipinski definition) is 7. The molecule has 10 heteroatoms. The zero-order valence-electron chi connectivity index (χ0n) is 23.5. The third-order valence-electron chi connectivity index (χ3n) is 5.64. The van der Waals surface area contributed by atoms with Gasteiger partial charge in [-0.05, 0) is 12.8 Å². The summed E-state index contributed by atoms with van der Waals surface area (Å²) >= 11 is 0. The van der Waals surface area contributed by atoms with Crippen molar-refractivity contribution < 1.29 is 42.1 Å². The number of esters is 2. The van der Waals surface area contributed by atoms with Gasteiger partial charge in [-0.3, -0.25) is 18.6 Å². The summed E-state index contributed by atoms with van der Waals surface area (Å²) in [6.45, 7) is 4.23. The smallest absolute Gasteiger partial charge is 0.462 e. The largest absolute Gasteiger partial charge is 0.472 e. The molecule has 1 N–H and O–H groups in total. The zero-order chi connectivity index (χ0) is 27.3. The van der Waals surface area contributed by atoms with Gasteiger partial charge in [-0.1, -0.05) is 78.1 Å². The van der Waals surface area contributed by atoms with Crippen LogP contribution >= 0.6 is 7.82 Å². The fraction of sp³-hybridized carbons (Fsp3) is 0.923. The first-order chi connectivity index (χ1) is 17.0. The van der Waals surface area contributed by atoms with Crippen molar-refractivity contribution in [3.63, 3.8) is 0 Å². The van der Waals surface area contributed by atoms with E-state index in [1.807, 2.05) is 21.1 Å². The molecule has 214 valence electrons. The molecule has 0 aromatic carbocycles. The zero-order valence-corrected chi connectivity index (χ0v) is 24.4. The number of hydrogen-bond donors (Lipinski definition) is 1. The standard InChI is InChI=1S/C26H52NO8P/c1-6-8-10-12-13-15-17-19-26(29)35-24(22-32-25(28)18-16-14-11-9-7-2)23-34-36(30,31)33-21-20-27(3,4)5/h24H,6-23H2,1-5H3/p+1. The molecule has 0 spiro atoms. The number of rotatable bonds is 24. The normalized spacial score (nSPS) is 14.3. The number of carbonyl (C=O) groups excluding carboxylic acids is 2. The molecule has 2 unspecified atom stereocenters. The van der Waals surface area contributed by atoms with E-state index < -0.39 is 26.5 Å². The van der Waals surface area contributed by atoms with Crippen LogP contribution in [0.3, 0.4) is 0 Å². The molecule has 0 aliphatic carbocycles. The van der Waals surface area contributed by atoms with Crippen molar-refractivity contribution in [2.45, 2.75) is 110 Å². The molecule has 0 aromatic rings. The Labute approximate surface area is 219 Å². The van der Waals surface area contributed by atoms with E-state index >= 15 is 0 Å². The van der Waals surface area contributed by atoms with Crippen LogP contribution in [0.25, 0.3) is 0 Å². The molecule has 0 radical (unpaired) electrons. The Balaban J connectivity index is 4.60. The molecule has 0 aromatic heterocycles. The number of nitrogens with zero attached hydrogens (tertiary/aromatic N) is 1. The molecule has 0 aliphatic rings. The highest BCUT2D eigenvalue weighted by atomic mass is 31.2. The van der Waals surface area contributed by atoms with Crippen LogP contribution in [0.1, 0.15) is 104 Å². The Morgan fingerprint density at radius 2 is 1.25 bits per heavy atom. The lowest BCUT2D eigenvalue weighted by molar-refractivity contribution is -0.870. The maximum Gasteiger partial charge on any atom is 0.472 e. The van der Waals surface area contributed by atoms with Crippen LogP contribution in [0.5, 0.6) is 0 Å². The van der Waals surface area contributed by atoms with Gasteiger partial charge in [0.2, 0.25) is 0 Å². The second-order valence-electron chi connectivity index (χ2n) is 10.4. The van der Waals surface area contributed by atoms with Crippen molar-refractivity contribution in [3.8, 4) is 0 Å². The molecule has 0 amide bonds. The monoisotopic (exact) mass is 538 g/mol. The Kier molecular flexibility index (Phi) is 20.4. The van der Waals surface area contributed by atoms with E-state index in [0.717, 1.165) is 51.4 Å². The predicted octanol–water partition coefficient (Wildman–Crippen LogP) is 5.78. The van der Waals surface area contributed by atoms with Crippen LogP contribution in [0.2, 0.25) is 0 Å². The van der Waals surface area contributed by atoms with Crippen molar-refractivity contribution in [2.75, 3.05) is 47.5 Å². The van der Waals surface area contributed by atoms with Gasteiger partial charge in [0.15, 0.2) is 6.10 Å². The maximum absolute atomic E-state index is 12.3. The van der Waals surface area contributed by atoms with E-state index in [-0.39, 0.29) is 32.0 Å². The van der Waals surface area contributed by atoms with Crippen molar-refractivity contribution >= 4 is 19.8 Å². The van der Waals surface area contributed by atoms with Crippen molar-refractivity contribution in [3.05, 3.63) is 0 Å². The minimum atomic E-state index is -4.33. The van der Waals surface area contributed by atoms with Crippen LogP contribution in [-0.2, 0) is 32.7 Å². The molecular formula is C26H53NO8P+. The molecule has 0 aliphatic heterocycles. The van der Waals surface area contributed by atoms with E-state index in [1.165, 1.54) is 19.3 Å². The van der Waals surface area contributed by atoms with E-state index in [4.69, 9.17) is 18.5 Å². The van der Waals surface area contributed by atoms with E-state index in [9.17, 15) is 19.0 Å². The van der Waals surface area contributed by atoms with E-state index in [2.05, 4.69) is 13.8 Å². The highest BCUT2D eigenvalue weighted by Gasteiger charge is 2.27. The summed E-state index contributed by atoms with van der Waals surface area (Å²) in [6, 6.07) is 0. The summed E-state index contributed by atoms with van der Waals surface area (Å²) in [5.74, 6) is -0.822. The van der Waals surface area contributed by atoms with Gasteiger partial charge in [-0.15, -0.1) is 0 Å². The minimum absolute atomic E-state index is 0.0347. The fourth-order valence-electron chi connectivity index (χ4n) is 3.36. The summed E-state index contributed by atoms with van der Waals surface area (Å²) in [4.78, 5) is 34.4. The molecule has 2 atom stereocenters. The lowest BCUT2D eigenvalue weighted by Crippen LogP contribution is -2.37. The number of phosphoric ester groups is 1. The van der Waals surface area contributed by atoms with E-state index in [0.29, 0.717) is 17.4 Å². The lowest BCUT2D eigenvalue weighted by Gasteiger charge is -2.24. The number of phosphoric acid groups is 1. The van der Waals surface area contributed by atoms with Crippen LogP contribution < -0.4 is 0 Å². The predicted molar refractivity (Wildman–Crippen MR) is 141 cm³/mol. The average molecular weight is 539 g/mol. The second-order valence-corrected chi connectivity index (χ2v) is 11.9. The van der Waals surface area contributed by atoms with Gasteiger partial charge in [0, 0.05) is 12.8 Å². The molecule has 0 bridgehead atoms. The topological polar surface area (TPSA) is 108 Å². The molecule has 0 saturated heterocycles. The quantitative estimate of drug-likeness (QED) is 0.0713. The number of unbranched alkanes of at least 4 members (excludes halogenated alkanes) is 10. The summed E-state index contributed by atoms with van der Waals surface area (Å²) in [7, 11) is 1.47. The molecule has 36 heavy (non-hydrogen) atoms. The molecule has 0 fully saturated rings. The summed E-state index contributed by atoms with van der Waals surface area (Å²) < 4.78 is 33.6. The average Bonchev–Trinajstić information content (AvgIpc) is 2.79. The fourth-order valence-corrected chi connectivity index (χ4v) is 4.10. The van der Waals surface area contributed by atoms with Gasteiger partial charge >= 0.3 is 19.8 Å². The summed E-state index contributed by atoms with van der Waals surface area (Å²) in [6.07, 6.45) is 12.1. The summed E-state index contributed by atoms with van der Waals surface area (Å²) in [5.41, 5.74) is 0. The number of likely N-dealkylation sites (N-methyl/N-ethyl adjacent to an activating group) is 1. The third kappa shape index (κ3) is 23.4. The van der Waals surface area contributed by atoms with Crippen LogP contribution in [0.15, 0.2) is 0 Å². The Hall–Kier alpha value is -0.990. The van der Waals surface area contributed by atoms with Gasteiger partial charge < -0.3 is 18.9 Å². The van der Waals surface area contributed by atoms with Crippen LogP contribution in [0, 0.1) is 0 Å². The minimum Gasteiger partial charge on any atom is -0.462 e. The molecule has 9 nitrogen and oxygen atoms in total. The van der Waals surface area contributed by atoms with Crippen molar-refractivity contribution in [1.82, 2.24) is 0 Å². The maximum atomic E-state index is 12.3. The first-order valence-electron chi connectivity index (χ1n) is 13.8.